The Morgan fingerprint density at radius 2 is 2.05 bits per heavy atom. The number of rotatable bonds is 4. The van der Waals surface area contributed by atoms with Crippen LogP contribution in [0.3, 0.4) is 0 Å². The number of benzene rings is 1. The molecule has 0 saturated heterocycles. The maximum Gasteiger partial charge on any atom is 0.316 e. The second-order valence-electron chi connectivity index (χ2n) is 3.83. The Morgan fingerprint density at radius 1 is 1.16 bits per heavy atom. The third-order valence-electron chi connectivity index (χ3n) is 2.54. The Hall–Kier alpha value is -1.85. The summed E-state index contributed by atoms with van der Waals surface area (Å²) in [5, 5.41) is 13.7. The van der Waals surface area contributed by atoms with E-state index in [1.54, 1.807) is 11.3 Å². The smallest absolute Gasteiger partial charge is 0.316 e. The van der Waals surface area contributed by atoms with E-state index in [4.69, 9.17) is 16.0 Å². The molecule has 0 aliphatic rings. The summed E-state index contributed by atoms with van der Waals surface area (Å²) in [5.41, 5.74) is 0.986. The van der Waals surface area contributed by atoms with Gasteiger partial charge in [-0.1, -0.05) is 41.0 Å². The van der Waals surface area contributed by atoms with Gasteiger partial charge in [0, 0.05) is 11.6 Å². The third kappa shape index (κ3) is 2.77. The number of hydrogen-bond donors (Lipinski definition) is 1. The Labute approximate surface area is 119 Å². The second-order valence-corrected chi connectivity index (χ2v) is 5.19. The van der Waals surface area contributed by atoms with Crippen LogP contribution in [-0.2, 0) is 6.54 Å². The van der Waals surface area contributed by atoms with Crippen LogP contribution in [0.4, 0.5) is 6.01 Å². The maximum atomic E-state index is 6.07. The molecule has 1 aromatic carbocycles. The molecule has 0 bridgehead atoms. The zero-order chi connectivity index (χ0) is 13.1. The van der Waals surface area contributed by atoms with Crippen LogP contribution in [-0.4, -0.2) is 10.2 Å². The number of thiophene rings is 1. The van der Waals surface area contributed by atoms with Crippen LogP contribution in [0.25, 0.3) is 10.8 Å². The molecule has 2 heterocycles. The summed E-state index contributed by atoms with van der Waals surface area (Å²) in [5.74, 6) is 0.525. The molecule has 0 aliphatic heterocycles. The highest BCUT2D eigenvalue weighted by molar-refractivity contribution is 7.13. The minimum atomic E-state index is 0.392. The number of aromatic nitrogens is 2. The van der Waals surface area contributed by atoms with Gasteiger partial charge in [-0.15, -0.1) is 16.4 Å². The van der Waals surface area contributed by atoms with Gasteiger partial charge in [0.1, 0.15) is 0 Å². The first kappa shape index (κ1) is 12.2. The minimum absolute atomic E-state index is 0.392. The van der Waals surface area contributed by atoms with Crippen LogP contribution in [0, 0.1) is 0 Å². The zero-order valence-corrected chi connectivity index (χ0v) is 11.4. The summed E-state index contributed by atoms with van der Waals surface area (Å²) in [6, 6.07) is 11.9. The van der Waals surface area contributed by atoms with Crippen LogP contribution in [0.5, 0.6) is 0 Å². The minimum Gasteiger partial charge on any atom is -0.403 e. The summed E-state index contributed by atoms with van der Waals surface area (Å²) in [6.07, 6.45) is 0. The monoisotopic (exact) mass is 291 g/mol. The van der Waals surface area contributed by atoms with Gasteiger partial charge in [0.25, 0.3) is 5.89 Å². The Kier molecular flexibility index (Phi) is 3.48. The largest absolute Gasteiger partial charge is 0.403 e. The van der Waals surface area contributed by atoms with Crippen molar-refractivity contribution in [1.29, 1.82) is 0 Å². The van der Waals surface area contributed by atoms with Crippen molar-refractivity contribution < 1.29 is 4.42 Å². The lowest BCUT2D eigenvalue weighted by Gasteiger charge is -2.03. The van der Waals surface area contributed by atoms with E-state index < -0.39 is 0 Å². The van der Waals surface area contributed by atoms with Crippen LogP contribution in [0.2, 0.25) is 5.02 Å². The maximum absolute atomic E-state index is 6.07. The first-order valence-corrected chi connectivity index (χ1v) is 6.93. The lowest BCUT2D eigenvalue weighted by atomic mass is 10.2. The average Bonchev–Trinajstić information content (AvgIpc) is 3.09. The molecular formula is C13H10ClN3OS. The van der Waals surface area contributed by atoms with Gasteiger partial charge in [0.15, 0.2) is 0 Å². The van der Waals surface area contributed by atoms with Gasteiger partial charge in [0.05, 0.1) is 4.88 Å². The van der Waals surface area contributed by atoms with Crippen molar-refractivity contribution in [3.8, 4) is 10.8 Å². The standard InChI is InChI=1S/C13H10ClN3OS/c14-10-5-2-1-4-9(10)8-15-13-17-16-12(18-13)11-6-3-7-19-11/h1-7H,8H2,(H,15,17). The van der Waals surface area contributed by atoms with Gasteiger partial charge < -0.3 is 9.73 Å². The molecule has 0 aliphatic carbocycles. The summed E-state index contributed by atoms with van der Waals surface area (Å²) >= 11 is 7.63. The van der Waals surface area contributed by atoms with Crippen molar-refractivity contribution in [2.45, 2.75) is 6.54 Å². The first-order chi connectivity index (χ1) is 9.33. The molecule has 0 atom stereocenters. The summed E-state index contributed by atoms with van der Waals surface area (Å²) in [7, 11) is 0. The number of hydrogen-bond acceptors (Lipinski definition) is 5. The van der Waals surface area contributed by atoms with E-state index in [0.29, 0.717) is 23.5 Å². The highest BCUT2D eigenvalue weighted by Gasteiger charge is 2.09. The van der Waals surface area contributed by atoms with E-state index >= 15 is 0 Å². The van der Waals surface area contributed by atoms with E-state index in [0.717, 1.165) is 10.4 Å². The molecule has 0 unspecified atom stereocenters. The molecule has 4 nitrogen and oxygen atoms in total. The number of halogens is 1. The third-order valence-corrected chi connectivity index (χ3v) is 3.77. The Morgan fingerprint density at radius 3 is 2.84 bits per heavy atom. The molecule has 0 amide bonds. The Balaban J connectivity index is 1.70. The molecule has 3 rings (SSSR count). The molecule has 0 saturated carbocycles. The fraction of sp³-hybridized carbons (Fsp3) is 0.0769. The highest BCUT2D eigenvalue weighted by atomic mass is 35.5. The van der Waals surface area contributed by atoms with E-state index in [2.05, 4.69) is 15.5 Å². The molecule has 96 valence electrons. The molecule has 19 heavy (non-hydrogen) atoms. The van der Waals surface area contributed by atoms with Gasteiger partial charge >= 0.3 is 6.01 Å². The van der Waals surface area contributed by atoms with Crippen molar-refractivity contribution in [2.75, 3.05) is 5.32 Å². The predicted octanol–water partition coefficient (Wildman–Crippen LogP) is 4.06. The van der Waals surface area contributed by atoms with E-state index in [1.807, 2.05) is 41.8 Å². The van der Waals surface area contributed by atoms with E-state index in [1.165, 1.54) is 0 Å². The van der Waals surface area contributed by atoms with Crippen LogP contribution in [0.1, 0.15) is 5.56 Å². The second kappa shape index (κ2) is 5.42. The summed E-state index contributed by atoms with van der Waals surface area (Å²) < 4.78 is 5.52. The predicted molar refractivity (Wildman–Crippen MR) is 76.4 cm³/mol. The molecule has 3 aromatic rings. The van der Waals surface area contributed by atoms with Gasteiger partial charge in [-0.3, -0.25) is 0 Å². The quantitative estimate of drug-likeness (QED) is 0.787. The van der Waals surface area contributed by atoms with Crippen molar-refractivity contribution >= 4 is 29.0 Å². The van der Waals surface area contributed by atoms with Gasteiger partial charge in [-0.05, 0) is 23.1 Å². The van der Waals surface area contributed by atoms with Crippen LogP contribution in [0.15, 0.2) is 46.2 Å². The highest BCUT2D eigenvalue weighted by Crippen LogP contribution is 2.24. The average molecular weight is 292 g/mol. The Bertz CT molecular complexity index is 666. The SMILES string of the molecule is Clc1ccccc1CNc1nnc(-c2cccs2)o1. The number of anilines is 1. The molecule has 2 aromatic heterocycles. The van der Waals surface area contributed by atoms with Crippen molar-refractivity contribution in [2.24, 2.45) is 0 Å². The summed E-state index contributed by atoms with van der Waals surface area (Å²) in [6.45, 7) is 0.547. The normalized spacial score (nSPS) is 10.6. The first-order valence-electron chi connectivity index (χ1n) is 5.67. The van der Waals surface area contributed by atoms with Gasteiger partial charge in [-0.25, -0.2) is 0 Å². The fourth-order valence-corrected chi connectivity index (χ4v) is 2.45. The zero-order valence-electron chi connectivity index (χ0n) is 9.84. The molecule has 1 N–H and O–H groups in total. The number of nitrogens with zero attached hydrogens (tertiary/aromatic N) is 2. The lowest BCUT2D eigenvalue weighted by molar-refractivity contribution is 0.582. The fourth-order valence-electron chi connectivity index (χ4n) is 1.61. The molecule has 6 heteroatoms. The van der Waals surface area contributed by atoms with Crippen LogP contribution < -0.4 is 5.32 Å². The molecule has 0 fully saturated rings. The lowest BCUT2D eigenvalue weighted by Crippen LogP contribution is -1.99. The number of nitrogens with one attached hydrogen (secondary N) is 1. The van der Waals surface area contributed by atoms with Gasteiger partial charge in [-0.2, -0.15) is 0 Å². The topological polar surface area (TPSA) is 51.0 Å². The van der Waals surface area contributed by atoms with Crippen molar-refractivity contribution in [1.82, 2.24) is 10.2 Å². The van der Waals surface area contributed by atoms with Crippen molar-refractivity contribution in [3.05, 3.63) is 52.4 Å². The molecular weight excluding hydrogens is 282 g/mol. The van der Waals surface area contributed by atoms with Crippen LogP contribution >= 0.6 is 22.9 Å². The van der Waals surface area contributed by atoms with Crippen molar-refractivity contribution in [3.63, 3.8) is 0 Å². The molecule has 0 spiro atoms. The van der Waals surface area contributed by atoms with Gasteiger partial charge in [0.2, 0.25) is 0 Å². The van der Waals surface area contributed by atoms with E-state index in [9.17, 15) is 0 Å². The summed E-state index contributed by atoms with van der Waals surface area (Å²) in [4.78, 5) is 0.957. The molecule has 0 radical (unpaired) electrons. The van der Waals surface area contributed by atoms with E-state index in [-0.39, 0.29) is 0 Å².